The lowest BCUT2D eigenvalue weighted by molar-refractivity contribution is -0.116. The smallest absolute Gasteiger partial charge is 0.243 e. The quantitative estimate of drug-likeness (QED) is 0.638. The van der Waals surface area contributed by atoms with Gasteiger partial charge in [-0.05, 0) is 74.4 Å². The van der Waals surface area contributed by atoms with Gasteiger partial charge in [0.15, 0.2) is 0 Å². The molecule has 4 rings (SSSR count). The van der Waals surface area contributed by atoms with Gasteiger partial charge in [0.25, 0.3) is 0 Å². The van der Waals surface area contributed by atoms with E-state index in [1.807, 2.05) is 18.2 Å². The maximum absolute atomic E-state index is 13.3. The molecule has 2 fully saturated rings. The van der Waals surface area contributed by atoms with Crippen LogP contribution in [0.3, 0.4) is 0 Å². The minimum absolute atomic E-state index is 0.157. The molecule has 2 aromatic rings. The van der Waals surface area contributed by atoms with E-state index in [4.69, 9.17) is 5.26 Å². The van der Waals surface area contributed by atoms with Crippen LogP contribution in [0.25, 0.3) is 0 Å². The highest BCUT2D eigenvalue weighted by molar-refractivity contribution is 7.89. The van der Waals surface area contributed by atoms with E-state index in [1.165, 1.54) is 6.42 Å². The van der Waals surface area contributed by atoms with Crippen LogP contribution in [0.1, 0.15) is 56.1 Å². The standard InChI is InChI=1S/C26H32N4O3S/c27-20-22-9-7-21(8-10-22)11-14-26(31)28-24-19-23(34(32,33)30-17-5-2-6-18-30)12-13-25(24)29-15-3-1-4-16-29/h7-10,12-13,19H,1-6,11,14-18H2,(H,28,31). The summed E-state index contributed by atoms with van der Waals surface area (Å²) < 4.78 is 28.1. The van der Waals surface area contributed by atoms with Crippen LogP contribution >= 0.6 is 0 Å². The van der Waals surface area contributed by atoms with Crippen LogP contribution in [0, 0.1) is 11.3 Å². The molecule has 2 aliphatic heterocycles. The van der Waals surface area contributed by atoms with Crippen molar-refractivity contribution >= 4 is 27.3 Å². The molecule has 0 unspecified atom stereocenters. The second-order valence-corrected chi connectivity index (χ2v) is 11.0. The Labute approximate surface area is 202 Å². The first-order chi connectivity index (χ1) is 16.5. The van der Waals surface area contributed by atoms with Crippen molar-refractivity contribution in [3.05, 3.63) is 53.6 Å². The molecule has 0 saturated carbocycles. The first kappa shape index (κ1) is 24.2. The van der Waals surface area contributed by atoms with Crippen molar-refractivity contribution in [2.24, 2.45) is 0 Å². The number of carbonyl (C=O) groups excluding carboxylic acids is 1. The second-order valence-electron chi connectivity index (χ2n) is 9.05. The summed E-state index contributed by atoms with van der Waals surface area (Å²) in [6.45, 7) is 2.88. The maximum Gasteiger partial charge on any atom is 0.243 e. The fourth-order valence-electron chi connectivity index (χ4n) is 4.66. The number of rotatable bonds is 7. The van der Waals surface area contributed by atoms with Gasteiger partial charge in [-0.15, -0.1) is 0 Å². The number of amides is 1. The number of sulfonamides is 1. The number of nitrogens with zero attached hydrogens (tertiary/aromatic N) is 3. The number of hydrogen-bond acceptors (Lipinski definition) is 5. The van der Waals surface area contributed by atoms with Crippen LogP contribution in [0.4, 0.5) is 11.4 Å². The van der Waals surface area contributed by atoms with Crippen LogP contribution in [0.15, 0.2) is 47.4 Å². The number of anilines is 2. The number of carbonyl (C=O) groups is 1. The summed E-state index contributed by atoms with van der Waals surface area (Å²) in [7, 11) is -3.59. The lowest BCUT2D eigenvalue weighted by atomic mass is 10.1. The second kappa shape index (κ2) is 11.0. The molecule has 34 heavy (non-hydrogen) atoms. The third-order valence-electron chi connectivity index (χ3n) is 6.62. The van der Waals surface area contributed by atoms with Gasteiger partial charge in [-0.25, -0.2) is 8.42 Å². The number of hydrogen-bond donors (Lipinski definition) is 1. The van der Waals surface area contributed by atoms with Crippen molar-refractivity contribution in [2.75, 3.05) is 36.4 Å². The molecule has 2 aliphatic rings. The molecule has 1 amide bonds. The Bertz CT molecular complexity index is 1140. The molecule has 0 atom stereocenters. The first-order valence-corrected chi connectivity index (χ1v) is 13.6. The topological polar surface area (TPSA) is 93.5 Å². The molecule has 2 saturated heterocycles. The number of nitriles is 1. The van der Waals surface area contributed by atoms with Crippen molar-refractivity contribution in [1.29, 1.82) is 5.26 Å². The molecule has 2 heterocycles. The monoisotopic (exact) mass is 480 g/mol. The molecule has 0 bridgehead atoms. The van der Waals surface area contributed by atoms with E-state index >= 15 is 0 Å². The molecule has 1 N–H and O–H groups in total. The van der Waals surface area contributed by atoms with Crippen molar-refractivity contribution in [3.63, 3.8) is 0 Å². The zero-order valence-electron chi connectivity index (χ0n) is 19.5. The highest BCUT2D eigenvalue weighted by Crippen LogP contribution is 2.33. The van der Waals surface area contributed by atoms with E-state index in [0.717, 1.165) is 56.4 Å². The van der Waals surface area contributed by atoms with Crippen LogP contribution in [-0.4, -0.2) is 44.8 Å². The fourth-order valence-corrected chi connectivity index (χ4v) is 6.20. The van der Waals surface area contributed by atoms with E-state index in [9.17, 15) is 13.2 Å². The summed E-state index contributed by atoms with van der Waals surface area (Å²) in [5.74, 6) is -0.157. The van der Waals surface area contributed by atoms with Gasteiger partial charge in [-0.2, -0.15) is 9.57 Å². The Morgan fingerprint density at radius 3 is 2.21 bits per heavy atom. The van der Waals surface area contributed by atoms with Gasteiger partial charge in [0, 0.05) is 32.6 Å². The Balaban J connectivity index is 1.54. The van der Waals surface area contributed by atoms with Crippen molar-refractivity contribution in [2.45, 2.75) is 56.3 Å². The highest BCUT2D eigenvalue weighted by atomic mass is 32.2. The number of benzene rings is 2. The van der Waals surface area contributed by atoms with Gasteiger partial charge >= 0.3 is 0 Å². The summed E-state index contributed by atoms with van der Waals surface area (Å²) in [6.07, 6.45) is 6.98. The fraction of sp³-hybridized carbons (Fsp3) is 0.462. The summed E-state index contributed by atoms with van der Waals surface area (Å²) >= 11 is 0. The summed E-state index contributed by atoms with van der Waals surface area (Å²) in [5, 5.41) is 11.9. The highest BCUT2D eigenvalue weighted by Gasteiger charge is 2.27. The largest absolute Gasteiger partial charge is 0.370 e. The van der Waals surface area contributed by atoms with Crippen LogP contribution in [0.2, 0.25) is 0 Å². The van der Waals surface area contributed by atoms with E-state index in [2.05, 4.69) is 16.3 Å². The predicted molar refractivity (Wildman–Crippen MR) is 133 cm³/mol. The van der Waals surface area contributed by atoms with Crippen LogP contribution in [-0.2, 0) is 21.2 Å². The molecular formula is C26H32N4O3S. The van der Waals surface area contributed by atoms with Crippen molar-refractivity contribution < 1.29 is 13.2 Å². The normalized spacial score (nSPS) is 17.2. The number of piperidine rings is 2. The third kappa shape index (κ3) is 5.78. The van der Waals surface area contributed by atoms with E-state index in [0.29, 0.717) is 30.8 Å². The van der Waals surface area contributed by atoms with Gasteiger partial charge in [0.2, 0.25) is 15.9 Å². The molecule has 7 nitrogen and oxygen atoms in total. The summed E-state index contributed by atoms with van der Waals surface area (Å²) in [4.78, 5) is 15.3. The SMILES string of the molecule is N#Cc1ccc(CCC(=O)Nc2cc(S(=O)(=O)N3CCCCC3)ccc2N2CCCCC2)cc1. The van der Waals surface area contributed by atoms with Gasteiger partial charge in [0.05, 0.1) is 27.9 Å². The lowest BCUT2D eigenvalue weighted by Crippen LogP contribution is -2.35. The van der Waals surface area contributed by atoms with Gasteiger partial charge in [-0.1, -0.05) is 18.6 Å². The maximum atomic E-state index is 13.3. The average Bonchev–Trinajstić information content (AvgIpc) is 2.89. The molecule has 0 radical (unpaired) electrons. The minimum Gasteiger partial charge on any atom is -0.370 e. The molecule has 0 aromatic heterocycles. The molecule has 8 heteroatoms. The van der Waals surface area contributed by atoms with E-state index < -0.39 is 10.0 Å². The van der Waals surface area contributed by atoms with E-state index in [1.54, 1.807) is 28.6 Å². The predicted octanol–water partition coefficient (Wildman–Crippen LogP) is 4.29. The minimum atomic E-state index is -3.59. The van der Waals surface area contributed by atoms with Crippen molar-refractivity contribution in [1.82, 2.24) is 4.31 Å². The zero-order valence-corrected chi connectivity index (χ0v) is 20.3. The van der Waals surface area contributed by atoms with E-state index in [-0.39, 0.29) is 17.2 Å². The van der Waals surface area contributed by atoms with Crippen LogP contribution < -0.4 is 10.2 Å². The van der Waals surface area contributed by atoms with Crippen LogP contribution in [0.5, 0.6) is 0 Å². The average molecular weight is 481 g/mol. The molecule has 180 valence electrons. The third-order valence-corrected chi connectivity index (χ3v) is 8.51. The number of nitrogens with one attached hydrogen (secondary N) is 1. The first-order valence-electron chi connectivity index (χ1n) is 12.2. The van der Waals surface area contributed by atoms with Gasteiger partial charge in [0.1, 0.15) is 0 Å². The Morgan fingerprint density at radius 1 is 0.912 bits per heavy atom. The molecule has 2 aromatic carbocycles. The van der Waals surface area contributed by atoms with Gasteiger partial charge < -0.3 is 10.2 Å². The zero-order chi connectivity index (χ0) is 24.0. The lowest BCUT2D eigenvalue weighted by Gasteiger charge is -2.31. The molecule has 0 aliphatic carbocycles. The molecular weight excluding hydrogens is 448 g/mol. The Hall–Kier alpha value is -2.89. The summed E-state index contributed by atoms with van der Waals surface area (Å²) in [6, 6.07) is 14.5. The van der Waals surface area contributed by atoms with Crippen molar-refractivity contribution in [3.8, 4) is 6.07 Å². The van der Waals surface area contributed by atoms with Gasteiger partial charge in [-0.3, -0.25) is 4.79 Å². The number of aryl methyl sites for hydroxylation is 1. The molecule has 0 spiro atoms. The Kier molecular flexibility index (Phi) is 7.86. The summed E-state index contributed by atoms with van der Waals surface area (Å²) in [5.41, 5.74) is 3.01. The Morgan fingerprint density at radius 2 is 1.56 bits per heavy atom.